The molecule has 2 aromatic rings. The Morgan fingerprint density at radius 2 is 2.11 bits per heavy atom. The zero-order chi connectivity index (χ0) is 13.3. The number of rotatable bonds is 2. The lowest BCUT2D eigenvalue weighted by Crippen LogP contribution is -2.13. The predicted octanol–water partition coefficient (Wildman–Crippen LogP) is 2.30. The van der Waals surface area contributed by atoms with E-state index in [2.05, 4.69) is 15.3 Å². The molecule has 2 rings (SSSR count). The van der Waals surface area contributed by atoms with Gasteiger partial charge in [0.1, 0.15) is 10.7 Å². The van der Waals surface area contributed by atoms with Crippen LogP contribution >= 0.6 is 11.3 Å². The van der Waals surface area contributed by atoms with Crippen LogP contribution in [0.1, 0.15) is 25.9 Å². The maximum absolute atomic E-state index is 12.0. The highest BCUT2D eigenvalue weighted by atomic mass is 32.1. The first-order valence-corrected chi connectivity index (χ1v) is 6.26. The fourth-order valence-electron chi connectivity index (χ4n) is 1.55. The summed E-state index contributed by atoms with van der Waals surface area (Å²) in [6.07, 6.45) is 1.54. The SMILES string of the molecule is Cc1nc(C)c(C(=O)Nc2cc(C)c(N)cn2)s1. The van der Waals surface area contributed by atoms with E-state index in [0.717, 1.165) is 16.3 Å². The summed E-state index contributed by atoms with van der Waals surface area (Å²) in [7, 11) is 0. The maximum Gasteiger partial charge on any atom is 0.268 e. The van der Waals surface area contributed by atoms with Crippen molar-refractivity contribution >= 4 is 28.7 Å². The lowest BCUT2D eigenvalue weighted by atomic mass is 10.2. The molecule has 0 aliphatic heterocycles. The fourth-order valence-corrected chi connectivity index (χ4v) is 2.37. The summed E-state index contributed by atoms with van der Waals surface area (Å²) in [6.45, 7) is 5.56. The van der Waals surface area contributed by atoms with Crippen LogP contribution in [-0.4, -0.2) is 15.9 Å². The smallest absolute Gasteiger partial charge is 0.268 e. The number of thiazole rings is 1. The molecule has 0 unspecified atom stereocenters. The Balaban J connectivity index is 2.21. The second-order valence-electron chi connectivity index (χ2n) is 4.03. The van der Waals surface area contributed by atoms with E-state index in [1.165, 1.54) is 17.5 Å². The number of carbonyl (C=O) groups excluding carboxylic acids is 1. The molecule has 18 heavy (non-hydrogen) atoms. The van der Waals surface area contributed by atoms with Crippen molar-refractivity contribution in [1.29, 1.82) is 0 Å². The van der Waals surface area contributed by atoms with E-state index < -0.39 is 0 Å². The van der Waals surface area contributed by atoms with Gasteiger partial charge in [-0.2, -0.15) is 0 Å². The highest BCUT2D eigenvalue weighted by molar-refractivity contribution is 7.13. The third-order valence-electron chi connectivity index (χ3n) is 2.50. The number of anilines is 2. The molecule has 0 radical (unpaired) electrons. The van der Waals surface area contributed by atoms with Gasteiger partial charge in [0.2, 0.25) is 0 Å². The van der Waals surface area contributed by atoms with Crippen molar-refractivity contribution in [2.24, 2.45) is 0 Å². The first-order chi connectivity index (χ1) is 8.47. The Labute approximate surface area is 109 Å². The molecule has 0 saturated carbocycles. The van der Waals surface area contributed by atoms with Crippen LogP contribution in [0.5, 0.6) is 0 Å². The quantitative estimate of drug-likeness (QED) is 0.870. The van der Waals surface area contributed by atoms with Gasteiger partial charge in [-0.15, -0.1) is 11.3 Å². The largest absolute Gasteiger partial charge is 0.397 e. The van der Waals surface area contributed by atoms with E-state index >= 15 is 0 Å². The molecule has 0 aliphatic carbocycles. The standard InChI is InChI=1S/C12H14N4OS/c1-6-4-10(14-5-9(6)13)16-12(17)11-7(2)15-8(3)18-11/h4-5H,13H2,1-3H3,(H,14,16,17). The number of hydrogen-bond acceptors (Lipinski definition) is 5. The number of nitrogens with zero attached hydrogens (tertiary/aromatic N) is 2. The van der Waals surface area contributed by atoms with Gasteiger partial charge in [0.25, 0.3) is 5.91 Å². The van der Waals surface area contributed by atoms with Gasteiger partial charge < -0.3 is 11.1 Å². The third kappa shape index (κ3) is 2.48. The van der Waals surface area contributed by atoms with Crippen LogP contribution in [0.4, 0.5) is 11.5 Å². The van der Waals surface area contributed by atoms with Gasteiger partial charge in [-0.25, -0.2) is 9.97 Å². The average molecular weight is 262 g/mol. The second kappa shape index (κ2) is 4.73. The normalized spacial score (nSPS) is 10.4. The lowest BCUT2D eigenvalue weighted by molar-refractivity contribution is 0.102. The highest BCUT2D eigenvalue weighted by Gasteiger charge is 2.14. The summed E-state index contributed by atoms with van der Waals surface area (Å²) in [5.41, 5.74) is 7.91. The van der Waals surface area contributed by atoms with Crippen LogP contribution in [-0.2, 0) is 0 Å². The molecule has 0 bridgehead atoms. The zero-order valence-corrected chi connectivity index (χ0v) is 11.3. The van der Waals surface area contributed by atoms with Gasteiger partial charge >= 0.3 is 0 Å². The van der Waals surface area contributed by atoms with E-state index in [0.29, 0.717) is 16.4 Å². The van der Waals surface area contributed by atoms with E-state index in [1.54, 1.807) is 6.07 Å². The molecule has 0 saturated heterocycles. The summed E-state index contributed by atoms with van der Waals surface area (Å²) in [5, 5.41) is 3.62. The van der Waals surface area contributed by atoms with Gasteiger partial charge in [0.15, 0.2) is 0 Å². The van der Waals surface area contributed by atoms with Crippen molar-refractivity contribution in [2.45, 2.75) is 20.8 Å². The summed E-state index contributed by atoms with van der Waals surface area (Å²) >= 11 is 1.37. The number of amides is 1. The molecule has 0 aromatic carbocycles. The number of hydrogen-bond donors (Lipinski definition) is 2. The summed E-state index contributed by atoms with van der Waals surface area (Å²) in [4.78, 5) is 20.9. The van der Waals surface area contributed by atoms with Gasteiger partial charge in [-0.05, 0) is 32.4 Å². The molecule has 0 atom stereocenters. The predicted molar refractivity (Wildman–Crippen MR) is 72.9 cm³/mol. The monoisotopic (exact) mass is 262 g/mol. The topological polar surface area (TPSA) is 80.9 Å². The van der Waals surface area contributed by atoms with Gasteiger partial charge in [0.05, 0.1) is 22.6 Å². The first-order valence-electron chi connectivity index (χ1n) is 5.45. The molecule has 2 aromatic heterocycles. The molecule has 0 fully saturated rings. The van der Waals surface area contributed by atoms with Crippen molar-refractivity contribution in [3.8, 4) is 0 Å². The van der Waals surface area contributed by atoms with E-state index in [-0.39, 0.29) is 5.91 Å². The lowest BCUT2D eigenvalue weighted by Gasteiger charge is -2.05. The Hall–Kier alpha value is -1.95. The van der Waals surface area contributed by atoms with Crippen LogP contribution in [0, 0.1) is 20.8 Å². The Kier molecular flexibility index (Phi) is 3.29. The number of pyridine rings is 1. The minimum absolute atomic E-state index is 0.185. The zero-order valence-electron chi connectivity index (χ0n) is 10.4. The van der Waals surface area contributed by atoms with Crippen molar-refractivity contribution in [3.63, 3.8) is 0 Å². The van der Waals surface area contributed by atoms with Crippen LogP contribution in [0.15, 0.2) is 12.3 Å². The molecule has 0 spiro atoms. The van der Waals surface area contributed by atoms with Crippen molar-refractivity contribution in [3.05, 3.63) is 33.4 Å². The van der Waals surface area contributed by atoms with Gasteiger partial charge in [-0.3, -0.25) is 4.79 Å². The van der Waals surface area contributed by atoms with Crippen molar-refractivity contribution in [2.75, 3.05) is 11.1 Å². The fraction of sp³-hybridized carbons (Fsp3) is 0.250. The minimum atomic E-state index is -0.185. The molecule has 94 valence electrons. The number of aromatic nitrogens is 2. The van der Waals surface area contributed by atoms with E-state index in [1.807, 2.05) is 20.8 Å². The number of nitrogens with one attached hydrogen (secondary N) is 1. The van der Waals surface area contributed by atoms with E-state index in [9.17, 15) is 4.79 Å². The molecule has 5 nitrogen and oxygen atoms in total. The Bertz CT molecular complexity index is 606. The number of aryl methyl sites for hydroxylation is 3. The molecule has 0 aliphatic rings. The Morgan fingerprint density at radius 3 is 2.67 bits per heavy atom. The maximum atomic E-state index is 12.0. The molecule has 1 amide bonds. The molecule has 6 heteroatoms. The van der Waals surface area contributed by atoms with Crippen LogP contribution in [0.25, 0.3) is 0 Å². The van der Waals surface area contributed by atoms with Crippen LogP contribution < -0.4 is 11.1 Å². The Morgan fingerprint density at radius 1 is 1.39 bits per heavy atom. The van der Waals surface area contributed by atoms with Gasteiger partial charge in [0, 0.05) is 0 Å². The molecular formula is C12H14N4OS. The summed E-state index contributed by atoms with van der Waals surface area (Å²) < 4.78 is 0. The second-order valence-corrected chi connectivity index (χ2v) is 5.23. The van der Waals surface area contributed by atoms with Crippen molar-refractivity contribution in [1.82, 2.24) is 9.97 Å². The molecule has 3 N–H and O–H groups in total. The number of nitrogen functional groups attached to an aromatic ring is 1. The van der Waals surface area contributed by atoms with Crippen LogP contribution in [0.3, 0.4) is 0 Å². The molecular weight excluding hydrogens is 248 g/mol. The number of carbonyl (C=O) groups is 1. The van der Waals surface area contributed by atoms with E-state index in [4.69, 9.17) is 5.73 Å². The van der Waals surface area contributed by atoms with Crippen LogP contribution in [0.2, 0.25) is 0 Å². The summed E-state index contributed by atoms with van der Waals surface area (Å²) in [6, 6.07) is 1.75. The third-order valence-corrected chi connectivity index (χ3v) is 3.57. The van der Waals surface area contributed by atoms with Crippen molar-refractivity contribution < 1.29 is 4.79 Å². The minimum Gasteiger partial charge on any atom is -0.397 e. The average Bonchev–Trinajstić information content (AvgIpc) is 2.63. The highest BCUT2D eigenvalue weighted by Crippen LogP contribution is 2.19. The summed E-state index contributed by atoms with van der Waals surface area (Å²) in [5.74, 6) is 0.312. The number of nitrogens with two attached hydrogens (primary N) is 1. The molecule has 2 heterocycles. The first kappa shape index (κ1) is 12.5. The van der Waals surface area contributed by atoms with Gasteiger partial charge in [-0.1, -0.05) is 0 Å².